The van der Waals surface area contributed by atoms with Crippen LogP contribution in [0.4, 0.5) is 11.4 Å². The van der Waals surface area contributed by atoms with Crippen LogP contribution in [0.1, 0.15) is 38.5 Å². The van der Waals surface area contributed by atoms with E-state index in [0.717, 1.165) is 29.1 Å². The third kappa shape index (κ3) is 3.45. The second-order valence-corrected chi connectivity index (χ2v) is 9.39. The largest absolute Gasteiger partial charge is 0.378 e. The topological polar surface area (TPSA) is 73.5 Å². The number of carbonyl (C=O) groups is 2. The summed E-state index contributed by atoms with van der Waals surface area (Å²) in [6.45, 7) is 1.49. The Balaban J connectivity index is 1.26. The summed E-state index contributed by atoms with van der Waals surface area (Å²) in [4.78, 5) is 25.7. The number of piperazine rings is 1. The zero-order valence-corrected chi connectivity index (χ0v) is 16.4. The summed E-state index contributed by atoms with van der Waals surface area (Å²) in [6.07, 6.45) is 8.15. The van der Waals surface area contributed by atoms with Crippen LogP contribution in [-0.2, 0) is 9.59 Å². The van der Waals surface area contributed by atoms with Gasteiger partial charge in [-0.2, -0.15) is 0 Å². The molecule has 1 aromatic rings. The molecular weight excluding hydrogens is 352 g/mol. The van der Waals surface area contributed by atoms with Gasteiger partial charge in [0, 0.05) is 18.6 Å². The maximum atomic E-state index is 12.5. The normalized spacial score (nSPS) is 33.5. The van der Waals surface area contributed by atoms with E-state index in [1.165, 1.54) is 38.5 Å². The van der Waals surface area contributed by atoms with Gasteiger partial charge in [-0.25, -0.2) is 0 Å². The summed E-state index contributed by atoms with van der Waals surface area (Å²) in [5, 5.41) is 9.99. The molecule has 1 aliphatic heterocycles. The molecule has 4 aliphatic carbocycles. The third-order valence-corrected chi connectivity index (χ3v) is 7.19. The molecule has 1 heterocycles. The fourth-order valence-corrected chi connectivity index (χ4v) is 6.43. The minimum absolute atomic E-state index is 0.0283. The van der Waals surface area contributed by atoms with E-state index in [4.69, 9.17) is 0 Å². The van der Waals surface area contributed by atoms with Crippen molar-refractivity contribution in [1.29, 1.82) is 0 Å². The number of rotatable bonds is 5. The van der Waals surface area contributed by atoms with Gasteiger partial charge in [-0.15, -0.1) is 0 Å². The van der Waals surface area contributed by atoms with Gasteiger partial charge in [0.05, 0.1) is 24.5 Å². The molecule has 4 bridgehead atoms. The van der Waals surface area contributed by atoms with Crippen molar-refractivity contribution >= 4 is 23.2 Å². The first-order valence-electron chi connectivity index (χ1n) is 10.7. The molecule has 5 fully saturated rings. The van der Waals surface area contributed by atoms with Crippen LogP contribution in [0.3, 0.4) is 0 Å². The van der Waals surface area contributed by atoms with Crippen LogP contribution in [0, 0.1) is 17.8 Å². The number of nitrogens with zero attached hydrogens (tertiary/aromatic N) is 1. The van der Waals surface area contributed by atoms with Crippen molar-refractivity contribution in [3.05, 3.63) is 24.3 Å². The average Bonchev–Trinajstić information content (AvgIpc) is 2.66. The Morgan fingerprint density at radius 3 is 2.36 bits per heavy atom. The molecule has 0 atom stereocenters. The second kappa shape index (κ2) is 6.98. The van der Waals surface area contributed by atoms with E-state index >= 15 is 0 Å². The van der Waals surface area contributed by atoms with Gasteiger partial charge in [0.1, 0.15) is 0 Å². The summed E-state index contributed by atoms with van der Waals surface area (Å²) in [7, 11) is 0. The van der Waals surface area contributed by atoms with E-state index in [9.17, 15) is 9.59 Å². The first-order chi connectivity index (χ1) is 13.6. The van der Waals surface area contributed by atoms with Gasteiger partial charge < -0.3 is 20.9 Å². The van der Waals surface area contributed by atoms with E-state index in [1.807, 2.05) is 12.1 Å². The van der Waals surface area contributed by atoms with E-state index in [2.05, 4.69) is 28.1 Å². The number of para-hydroxylation sites is 2. The van der Waals surface area contributed by atoms with Gasteiger partial charge in [0.15, 0.2) is 0 Å². The lowest BCUT2D eigenvalue weighted by molar-refractivity contribution is -0.136. The fourth-order valence-electron chi connectivity index (χ4n) is 6.43. The summed E-state index contributed by atoms with van der Waals surface area (Å²) in [5.41, 5.74) is 2.32. The molecule has 6 nitrogen and oxygen atoms in total. The Hall–Kier alpha value is -2.24. The number of carbonyl (C=O) groups excluding carboxylic acids is 2. The average molecular weight is 383 g/mol. The molecule has 28 heavy (non-hydrogen) atoms. The summed E-state index contributed by atoms with van der Waals surface area (Å²) in [5.74, 6) is 2.57. The highest BCUT2D eigenvalue weighted by Crippen LogP contribution is 2.56. The lowest BCUT2D eigenvalue weighted by atomic mass is 9.53. The van der Waals surface area contributed by atoms with Gasteiger partial charge in [0.25, 0.3) is 0 Å². The van der Waals surface area contributed by atoms with Crippen LogP contribution in [0.2, 0.25) is 0 Å². The van der Waals surface area contributed by atoms with Crippen LogP contribution >= 0.6 is 0 Å². The number of anilines is 2. The highest BCUT2D eigenvalue weighted by molar-refractivity contribution is 5.88. The van der Waals surface area contributed by atoms with Crippen molar-refractivity contribution < 1.29 is 9.59 Å². The van der Waals surface area contributed by atoms with E-state index < -0.39 is 0 Å². The molecule has 4 saturated carbocycles. The minimum atomic E-state index is -0.0801. The zero-order chi connectivity index (χ0) is 19.1. The second-order valence-electron chi connectivity index (χ2n) is 9.39. The van der Waals surface area contributed by atoms with Gasteiger partial charge in [-0.1, -0.05) is 12.1 Å². The molecule has 0 aromatic heterocycles. The molecule has 6 heteroatoms. The first kappa shape index (κ1) is 17.8. The van der Waals surface area contributed by atoms with Crippen LogP contribution in [0.25, 0.3) is 0 Å². The molecule has 150 valence electrons. The van der Waals surface area contributed by atoms with Gasteiger partial charge in [0.2, 0.25) is 11.8 Å². The minimum Gasteiger partial charge on any atom is -0.378 e. The molecular formula is C22H30N4O2. The van der Waals surface area contributed by atoms with Crippen molar-refractivity contribution in [2.75, 3.05) is 36.8 Å². The Kier molecular flexibility index (Phi) is 4.44. The Bertz CT molecular complexity index is 742. The SMILES string of the molecule is O=C1CN(C(=O)CNc2ccccc2NC23CC4CC(CC(C4)C2)C3)CCN1. The van der Waals surface area contributed by atoms with Crippen molar-refractivity contribution in [1.82, 2.24) is 10.2 Å². The van der Waals surface area contributed by atoms with Crippen LogP contribution < -0.4 is 16.0 Å². The summed E-state index contributed by atoms with van der Waals surface area (Å²) < 4.78 is 0. The number of hydrogen-bond acceptors (Lipinski definition) is 4. The van der Waals surface area contributed by atoms with Gasteiger partial charge in [-0.05, 0) is 68.4 Å². The summed E-state index contributed by atoms with van der Waals surface area (Å²) >= 11 is 0. The lowest BCUT2D eigenvalue weighted by Gasteiger charge is -2.57. The summed E-state index contributed by atoms with van der Waals surface area (Å²) in [6, 6.07) is 8.23. The smallest absolute Gasteiger partial charge is 0.242 e. The van der Waals surface area contributed by atoms with Gasteiger partial charge >= 0.3 is 0 Å². The van der Waals surface area contributed by atoms with E-state index in [0.29, 0.717) is 13.1 Å². The Morgan fingerprint density at radius 2 is 1.71 bits per heavy atom. The molecule has 1 aromatic carbocycles. The fraction of sp³-hybridized carbons (Fsp3) is 0.636. The van der Waals surface area contributed by atoms with Crippen molar-refractivity contribution in [2.24, 2.45) is 17.8 Å². The third-order valence-electron chi connectivity index (χ3n) is 7.19. The molecule has 6 rings (SSSR count). The van der Waals surface area contributed by atoms with Crippen molar-refractivity contribution in [3.8, 4) is 0 Å². The molecule has 5 aliphatic rings. The van der Waals surface area contributed by atoms with E-state index in [-0.39, 0.29) is 30.4 Å². The first-order valence-corrected chi connectivity index (χ1v) is 10.7. The predicted molar refractivity (Wildman–Crippen MR) is 109 cm³/mol. The van der Waals surface area contributed by atoms with Crippen molar-refractivity contribution in [3.63, 3.8) is 0 Å². The molecule has 1 saturated heterocycles. The van der Waals surface area contributed by atoms with Crippen LogP contribution in [-0.4, -0.2) is 48.4 Å². The highest BCUT2D eigenvalue weighted by Gasteiger charge is 2.51. The maximum Gasteiger partial charge on any atom is 0.242 e. The monoisotopic (exact) mass is 382 g/mol. The molecule has 0 radical (unpaired) electrons. The maximum absolute atomic E-state index is 12.5. The van der Waals surface area contributed by atoms with Crippen molar-refractivity contribution in [2.45, 2.75) is 44.1 Å². The Labute approximate surface area is 166 Å². The number of benzene rings is 1. The number of nitrogens with one attached hydrogen (secondary N) is 3. The van der Waals surface area contributed by atoms with Crippen LogP contribution in [0.15, 0.2) is 24.3 Å². The predicted octanol–water partition coefficient (Wildman–Crippen LogP) is 2.44. The molecule has 0 unspecified atom stereocenters. The Morgan fingerprint density at radius 1 is 1.07 bits per heavy atom. The molecule has 3 N–H and O–H groups in total. The highest BCUT2D eigenvalue weighted by atomic mass is 16.2. The molecule has 2 amide bonds. The standard InChI is InChI=1S/C22H30N4O2/c27-20-14-26(6-5-23-20)21(28)13-24-18-3-1-2-4-19(18)25-22-10-15-7-16(11-22)9-17(8-15)12-22/h1-4,15-17,24-25H,5-14H2,(H,23,27). The number of hydrogen-bond donors (Lipinski definition) is 3. The van der Waals surface area contributed by atoms with Gasteiger partial charge in [-0.3, -0.25) is 9.59 Å². The van der Waals surface area contributed by atoms with Crippen LogP contribution in [0.5, 0.6) is 0 Å². The lowest BCUT2D eigenvalue weighted by Crippen LogP contribution is -2.54. The molecule has 0 spiro atoms. The van der Waals surface area contributed by atoms with E-state index in [1.54, 1.807) is 4.90 Å². The quantitative estimate of drug-likeness (QED) is 0.731. The number of amides is 2. The zero-order valence-electron chi connectivity index (χ0n) is 16.4.